The smallest absolute Gasteiger partial charge is 0.221 e. The van der Waals surface area contributed by atoms with Gasteiger partial charge in [-0.3, -0.25) is 4.79 Å². The Morgan fingerprint density at radius 3 is 3.13 bits per heavy atom. The Balaban J connectivity index is 2.13. The fourth-order valence-corrected chi connectivity index (χ4v) is 1.61. The summed E-state index contributed by atoms with van der Waals surface area (Å²) in [5.41, 5.74) is 0.777. The number of amides is 1. The first-order valence-corrected chi connectivity index (χ1v) is 4.89. The minimum absolute atomic E-state index is 0.0482. The maximum atomic E-state index is 12.9. The van der Waals surface area contributed by atoms with E-state index in [1.807, 2.05) is 4.90 Å². The van der Waals surface area contributed by atoms with E-state index >= 15 is 0 Å². The molecule has 1 amide bonds. The van der Waals surface area contributed by atoms with Gasteiger partial charge in [-0.25, -0.2) is 4.98 Å². The number of hydrogen-bond donors (Lipinski definition) is 1. The first-order chi connectivity index (χ1) is 7.25. The van der Waals surface area contributed by atoms with Gasteiger partial charge in [0.1, 0.15) is 0 Å². The van der Waals surface area contributed by atoms with E-state index in [1.165, 1.54) is 12.3 Å². The van der Waals surface area contributed by atoms with Gasteiger partial charge in [0.15, 0.2) is 0 Å². The van der Waals surface area contributed by atoms with Crippen molar-refractivity contribution in [2.45, 2.75) is 6.42 Å². The maximum absolute atomic E-state index is 12.9. The SMILES string of the molecule is O=C1CCN(c2ccnc(F)c2)CCN1. The number of hydrogen-bond acceptors (Lipinski definition) is 3. The van der Waals surface area contributed by atoms with Crippen LogP contribution in [-0.4, -0.2) is 30.5 Å². The third kappa shape index (κ3) is 2.43. The second kappa shape index (κ2) is 4.25. The van der Waals surface area contributed by atoms with Crippen LogP contribution in [0.2, 0.25) is 0 Å². The topological polar surface area (TPSA) is 45.2 Å². The Bertz CT molecular complexity index is 369. The van der Waals surface area contributed by atoms with E-state index in [9.17, 15) is 9.18 Å². The molecule has 2 rings (SSSR count). The molecule has 0 atom stereocenters. The molecule has 2 heterocycles. The summed E-state index contributed by atoms with van der Waals surface area (Å²) in [7, 11) is 0. The highest BCUT2D eigenvalue weighted by Gasteiger charge is 2.13. The molecule has 1 N–H and O–H groups in total. The van der Waals surface area contributed by atoms with Gasteiger partial charge in [0, 0.05) is 44.0 Å². The van der Waals surface area contributed by atoms with Crippen LogP contribution in [0.1, 0.15) is 6.42 Å². The lowest BCUT2D eigenvalue weighted by Gasteiger charge is -2.21. The molecule has 0 unspecified atom stereocenters. The summed E-state index contributed by atoms with van der Waals surface area (Å²) in [6.07, 6.45) is 1.88. The Morgan fingerprint density at radius 2 is 2.33 bits per heavy atom. The molecule has 1 aromatic heterocycles. The molecule has 15 heavy (non-hydrogen) atoms. The average Bonchev–Trinajstić information content (AvgIpc) is 2.43. The zero-order valence-corrected chi connectivity index (χ0v) is 8.24. The number of nitrogens with zero attached hydrogens (tertiary/aromatic N) is 2. The molecular weight excluding hydrogens is 197 g/mol. The second-order valence-corrected chi connectivity index (χ2v) is 3.42. The highest BCUT2D eigenvalue weighted by atomic mass is 19.1. The summed E-state index contributed by atoms with van der Waals surface area (Å²) in [5, 5.41) is 2.77. The Kier molecular flexibility index (Phi) is 2.80. The summed E-state index contributed by atoms with van der Waals surface area (Å²) in [6, 6.07) is 3.13. The van der Waals surface area contributed by atoms with Crippen LogP contribution in [0.4, 0.5) is 10.1 Å². The molecular formula is C10H12FN3O. The Morgan fingerprint density at radius 1 is 1.47 bits per heavy atom. The van der Waals surface area contributed by atoms with E-state index < -0.39 is 5.95 Å². The number of anilines is 1. The van der Waals surface area contributed by atoms with Gasteiger partial charge >= 0.3 is 0 Å². The van der Waals surface area contributed by atoms with Crippen LogP contribution < -0.4 is 10.2 Å². The van der Waals surface area contributed by atoms with E-state index in [4.69, 9.17) is 0 Å². The highest BCUT2D eigenvalue weighted by molar-refractivity contribution is 5.77. The fourth-order valence-electron chi connectivity index (χ4n) is 1.61. The van der Waals surface area contributed by atoms with Crippen LogP contribution in [0, 0.1) is 5.95 Å². The van der Waals surface area contributed by atoms with Gasteiger partial charge in [-0.1, -0.05) is 0 Å². The molecule has 0 saturated carbocycles. The van der Waals surface area contributed by atoms with Crippen molar-refractivity contribution in [3.05, 3.63) is 24.3 Å². The van der Waals surface area contributed by atoms with E-state index in [2.05, 4.69) is 10.3 Å². The van der Waals surface area contributed by atoms with Gasteiger partial charge < -0.3 is 10.2 Å². The van der Waals surface area contributed by atoms with E-state index in [-0.39, 0.29) is 5.91 Å². The zero-order valence-electron chi connectivity index (χ0n) is 8.24. The van der Waals surface area contributed by atoms with E-state index in [0.717, 1.165) is 5.69 Å². The average molecular weight is 209 g/mol. The lowest BCUT2D eigenvalue weighted by atomic mass is 10.3. The number of carbonyl (C=O) groups excluding carboxylic acids is 1. The molecule has 0 bridgehead atoms. The Labute approximate surface area is 87.1 Å². The molecule has 1 aromatic rings. The molecule has 1 aliphatic rings. The maximum Gasteiger partial charge on any atom is 0.221 e. The highest BCUT2D eigenvalue weighted by Crippen LogP contribution is 2.14. The van der Waals surface area contributed by atoms with Crippen molar-refractivity contribution >= 4 is 11.6 Å². The number of aromatic nitrogens is 1. The van der Waals surface area contributed by atoms with Crippen molar-refractivity contribution in [1.29, 1.82) is 0 Å². The second-order valence-electron chi connectivity index (χ2n) is 3.42. The number of pyridine rings is 1. The van der Waals surface area contributed by atoms with Crippen molar-refractivity contribution < 1.29 is 9.18 Å². The van der Waals surface area contributed by atoms with Gasteiger partial charge in [0.05, 0.1) is 0 Å². The molecule has 0 spiro atoms. The van der Waals surface area contributed by atoms with E-state index in [1.54, 1.807) is 6.07 Å². The predicted molar refractivity (Wildman–Crippen MR) is 54.0 cm³/mol. The number of nitrogens with one attached hydrogen (secondary N) is 1. The van der Waals surface area contributed by atoms with Gasteiger partial charge in [-0.2, -0.15) is 4.39 Å². The quantitative estimate of drug-likeness (QED) is 0.687. The third-order valence-corrected chi connectivity index (χ3v) is 2.39. The number of carbonyl (C=O) groups is 1. The lowest BCUT2D eigenvalue weighted by molar-refractivity contribution is -0.120. The Hall–Kier alpha value is -1.65. The van der Waals surface area contributed by atoms with Gasteiger partial charge in [-0.05, 0) is 6.07 Å². The van der Waals surface area contributed by atoms with Crippen molar-refractivity contribution in [1.82, 2.24) is 10.3 Å². The normalized spacial score (nSPS) is 17.1. The molecule has 1 aliphatic heterocycles. The van der Waals surface area contributed by atoms with Gasteiger partial charge in [-0.15, -0.1) is 0 Å². The number of rotatable bonds is 1. The minimum atomic E-state index is -0.490. The summed E-state index contributed by atoms with van der Waals surface area (Å²) >= 11 is 0. The zero-order chi connectivity index (χ0) is 10.7. The molecule has 80 valence electrons. The van der Waals surface area contributed by atoms with Crippen LogP contribution in [0.15, 0.2) is 18.3 Å². The lowest BCUT2D eigenvalue weighted by Crippen LogP contribution is -2.28. The van der Waals surface area contributed by atoms with Crippen molar-refractivity contribution in [2.24, 2.45) is 0 Å². The molecule has 0 aliphatic carbocycles. The molecule has 1 fully saturated rings. The predicted octanol–water partition coefficient (Wildman–Crippen LogP) is 0.547. The largest absolute Gasteiger partial charge is 0.369 e. The van der Waals surface area contributed by atoms with Crippen LogP contribution in [0.5, 0.6) is 0 Å². The van der Waals surface area contributed by atoms with Crippen molar-refractivity contribution in [3.8, 4) is 0 Å². The molecule has 4 nitrogen and oxygen atoms in total. The van der Waals surface area contributed by atoms with Crippen LogP contribution >= 0.6 is 0 Å². The molecule has 5 heteroatoms. The summed E-state index contributed by atoms with van der Waals surface area (Å²) < 4.78 is 12.9. The van der Waals surface area contributed by atoms with Crippen molar-refractivity contribution in [3.63, 3.8) is 0 Å². The molecule has 0 radical (unpaired) electrons. The minimum Gasteiger partial charge on any atom is -0.369 e. The standard InChI is InChI=1S/C10H12FN3O/c11-9-7-8(1-3-12-9)14-5-2-10(15)13-4-6-14/h1,3,7H,2,4-6H2,(H,13,15). The van der Waals surface area contributed by atoms with Gasteiger partial charge in [0.2, 0.25) is 11.9 Å². The third-order valence-electron chi connectivity index (χ3n) is 2.39. The molecule has 1 saturated heterocycles. The fraction of sp³-hybridized carbons (Fsp3) is 0.400. The van der Waals surface area contributed by atoms with Crippen LogP contribution in [0.3, 0.4) is 0 Å². The van der Waals surface area contributed by atoms with Crippen LogP contribution in [-0.2, 0) is 4.79 Å². The first kappa shape index (κ1) is 9.89. The van der Waals surface area contributed by atoms with Crippen molar-refractivity contribution in [2.75, 3.05) is 24.5 Å². The summed E-state index contributed by atoms with van der Waals surface area (Å²) in [6.45, 7) is 1.92. The monoisotopic (exact) mass is 209 g/mol. The summed E-state index contributed by atoms with van der Waals surface area (Å²) in [5.74, 6) is -0.442. The summed E-state index contributed by atoms with van der Waals surface area (Å²) in [4.78, 5) is 16.6. The molecule has 0 aromatic carbocycles. The van der Waals surface area contributed by atoms with Crippen LogP contribution in [0.25, 0.3) is 0 Å². The number of halogens is 1. The van der Waals surface area contributed by atoms with Gasteiger partial charge in [0.25, 0.3) is 0 Å². The van der Waals surface area contributed by atoms with E-state index in [0.29, 0.717) is 26.1 Å². The first-order valence-electron chi connectivity index (χ1n) is 4.89.